The van der Waals surface area contributed by atoms with E-state index in [0.717, 1.165) is 94.8 Å². The summed E-state index contributed by atoms with van der Waals surface area (Å²) in [6.07, 6.45) is 13.4. The summed E-state index contributed by atoms with van der Waals surface area (Å²) in [5.74, 6) is 3.03. The van der Waals surface area contributed by atoms with E-state index in [1.54, 1.807) is 24.3 Å². The fraction of sp³-hybridized carbons (Fsp3) is 0.291. The Bertz CT molecular complexity index is 4230. The van der Waals surface area contributed by atoms with Crippen LogP contribution in [0, 0.1) is 81.1 Å². The molecule has 6 atom stereocenters. The van der Waals surface area contributed by atoms with Gasteiger partial charge in [-0.1, -0.05) is 136 Å². The fourth-order valence-electron chi connectivity index (χ4n) is 11.8. The van der Waals surface area contributed by atoms with Crippen molar-refractivity contribution in [2.45, 2.75) is 97.0 Å². The molecule has 4 fully saturated rings. The predicted molar refractivity (Wildman–Crippen MR) is 364 cm³/mol. The molecule has 4 heterocycles. The van der Waals surface area contributed by atoms with E-state index in [-0.39, 0.29) is 74.3 Å². The number of fused-ring (bicyclic) bond motifs is 4. The molecule has 15 heteroatoms. The van der Waals surface area contributed by atoms with Crippen molar-refractivity contribution in [3.63, 3.8) is 0 Å². The molecule has 496 valence electrons. The second-order valence-electron chi connectivity index (χ2n) is 22.3. The maximum Gasteiger partial charge on any atom is 0.522 e. The summed E-state index contributed by atoms with van der Waals surface area (Å²) < 4.78 is 180. The molecule has 4 aliphatic carbocycles. The van der Waals surface area contributed by atoms with Gasteiger partial charge in [-0.2, -0.15) is 21.6 Å². The van der Waals surface area contributed by atoms with Gasteiger partial charge in [0, 0.05) is 107 Å². The molecule has 4 bridgehead atoms. The van der Waals surface area contributed by atoms with Crippen molar-refractivity contribution in [3.8, 4) is 67.3 Å². The van der Waals surface area contributed by atoms with E-state index >= 15 is 0 Å². The third kappa shape index (κ3) is 22.2. The number of aliphatic hydroxyl groups excluding tert-OH is 2. The van der Waals surface area contributed by atoms with Crippen LogP contribution < -0.4 is 0 Å². The zero-order valence-electron chi connectivity index (χ0n) is 67.5. The molecule has 9 nitrogen and oxygen atoms in total. The van der Waals surface area contributed by atoms with Gasteiger partial charge >= 0.3 is 15.6 Å². The molecule has 4 aliphatic rings. The van der Waals surface area contributed by atoms with E-state index < -0.39 is 55.8 Å². The molecular formula is C79H82F3Ir2N4O5S-3. The monoisotopic (exact) mass is 1660 g/mol. The number of hydrogen-bond acceptors (Lipinski definition) is 8. The van der Waals surface area contributed by atoms with Crippen LogP contribution in [-0.4, -0.2) is 62.8 Å². The van der Waals surface area contributed by atoms with Gasteiger partial charge in [-0.3, -0.25) is 9.54 Å². The SMILES string of the molecule is CO.CO.O=S(=O)(O)C(F)(F)F.[2H]C([2H])([2H])c1c[c-]c(-c2ccc(C([2H])([2H])[2H])cn2)cc1.[2H]C([2H])([2H])c1c[c-]c(-c2ccc(C([2H])([2H])[2H])cn2)cc1.[2H]C([2H])(c1ccc(-c2ccnc(-c3[c-]cccc3)c2)cc1)C1CC2CCC1C2.[2H]C([2H])(c1ccc(-c2ccnc(-c3ccccc3)c2)cc1)C1CC2CCC1C2.[Ir].[Ir]. The second-order valence-corrected chi connectivity index (χ2v) is 23.7. The summed E-state index contributed by atoms with van der Waals surface area (Å²) in [5.41, 5.74) is 7.55. The van der Waals surface area contributed by atoms with Crippen molar-refractivity contribution in [3.05, 3.63) is 264 Å². The van der Waals surface area contributed by atoms with E-state index in [1.807, 2.05) is 103 Å². The molecule has 94 heavy (non-hydrogen) atoms. The molecule has 0 saturated heterocycles. The first-order chi connectivity index (χ1) is 50.8. The van der Waals surface area contributed by atoms with Crippen LogP contribution in [0.1, 0.15) is 107 Å². The van der Waals surface area contributed by atoms with E-state index in [0.29, 0.717) is 34.4 Å². The maximum atomic E-state index is 10.7. The number of alkyl halides is 3. The Labute approximate surface area is 603 Å². The topological polar surface area (TPSA) is 146 Å². The number of aliphatic hydroxyl groups is 2. The van der Waals surface area contributed by atoms with Crippen LogP contribution in [0.15, 0.2) is 213 Å². The maximum absolute atomic E-state index is 10.7. The quantitative estimate of drug-likeness (QED) is 0.0692. The van der Waals surface area contributed by atoms with Gasteiger partial charge in [-0.25, -0.2) is 0 Å². The normalized spacial score (nSPS) is 21.0. The summed E-state index contributed by atoms with van der Waals surface area (Å²) >= 11 is 0. The van der Waals surface area contributed by atoms with Crippen molar-refractivity contribution in [1.29, 1.82) is 0 Å². The summed E-state index contributed by atoms with van der Waals surface area (Å²) in [7, 11) is -3.84. The Kier molecular flexibility index (Phi) is 21.8. The Morgan fingerprint density at radius 1 is 0.468 bits per heavy atom. The Morgan fingerprint density at radius 3 is 1.26 bits per heavy atom. The van der Waals surface area contributed by atoms with E-state index in [9.17, 15) is 13.2 Å². The summed E-state index contributed by atoms with van der Waals surface area (Å²) in [5, 5.41) is 14.0. The molecule has 6 unspecified atom stereocenters. The average Bonchev–Trinajstić information content (AvgIpc) is 1.60. The van der Waals surface area contributed by atoms with Crippen LogP contribution in [0.3, 0.4) is 0 Å². The molecule has 0 amide bonds. The zero-order valence-corrected chi connectivity index (χ0v) is 57.1. The third-order valence-electron chi connectivity index (χ3n) is 16.2. The molecule has 0 aliphatic heterocycles. The van der Waals surface area contributed by atoms with Crippen molar-refractivity contribution in [2.75, 3.05) is 14.2 Å². The average molecular weight is 1660 g/mol. The van der Waals surface area contributed by atoms with Crippen molar-refractivity contribution in [1.82, 2.24) is 19.9 Å². The number of aryl methyl sites for hydroxylation is 4. The Hall–Kier alpha value is -7.16. The third-order valence-corrected chi connectivity index (χ3v) is 16.8. The number of aromatic nitrogens is 4. The van der Waals surface area contributed by atoms with E-state index in [1.165, 1.54) is 87.3 Å². The van der Waals surface area contributed by atoms with Crippen LogP contribution in [0.4, 0.5) is 13.2 Å². The first kappa shape index (κ1) is 55.0. The summed E-state index contributed by atoms with van der Waals surface area (Å²) in [4.78, 5) is 17.1. The molecule has 3 N–H and O–H groups in total. The summed E-state index contributed by atoms with van der Waals surface area (Å²) in [6.45, 7) is -8.68. The van der Waals surface area contributed by atoms with Crippen LogP contribution in [0.2, 0.25) is 0 Å². The number of halogens is 3. The first-order valence-corrected chi connectivity index (χ1v) is 31.3. The predicted octanol–water partition coefficient (Wildman–Crippen LogP) is 18.5. The standard InChI is InChI=1S/C25H25N.C25H24N.2C13H12N.CHF3O3S.2CH4O.2Ir/c2*1-2-4-21(5-3-1)25-17-23(12-13-26-25)20-9-6-18(7-10-20)14-24-16-19-8-11-22(24)15-19;2*1-10-3-6-12(7-4-10)13-8-5-11(2)9-14-13;2-1(3,4)8(5,6)7;2*1-2;;/h1-7,9-10,12-13,17,19,22,24H,8,11,14-16H2;1-4,6-7,9-10,12-13,17,19,22,24H,8,11,14-16H2;2*3-6,8-9H,1-2H3;(H,5,6,7);2*2H,1H3;;/q;3*-1;;;;;/i2*14D2;2*1D3,2D3;;;;;. The molecular weight excluding hydrogens is 1560 g/mol. The van der Waals surface area contributed by atoms with Crippen molar-refractivity contribution >= 4 is 10.1 Å². The van der Waals surface area contributed by atoms with Crippen LogP contribution >= 0.6 is 0 Å². The van der Waals surface area contributed by atoms with E-state index in [4.69, 9.17) is 45.1 Å². The second kappa shape index (κ2) is 37.2. The van der Waals surface area contributed by atoms with Crippen molar-refractivity contribution in [2.24, 2.45) is 35.5 Å². The number of pyridine rings is 4. The van der Waals surface area contributed by atoms with Gasteiger partial charge in [-0.15, -0.1) is 107 Å². The zero-order chi connectivity index (χ0) is 79.2. The molecule has 14 rings (SSSR count). The van der Waals surface area contributed by atoms with Gasteiger partial charge in [0.25, 0.3) is 0 Å². The largest absolute Gasteiger partial charge is 0.522 e. The van der Waals surface area contributed by atoms with Gasteiger partial charge in [-0.05, 0) is 180 Å². The van der Waals surface area contributed by atoms with Crippen LogP contribution in [0.5, 0.6) is 0 Å². The number of hydrogen-bond donors (Lipinski definition) is 3. The molecule has 2 radical (unpaired) electrons. The minimum Gasteiger partial charge on any atom is -0.400 e. The minimum absolute atomic E-state index is 0. The molecule has 6 aromatic carbocycles. The number of rotatable bonds is 10. The molecule has 4 saturated carbocycles. The van der Waals surface area contributed by atoms with Crippen LogP contribution in [0.25, 0.3) is 67.3 Å². The molecule has 10 aromatic rings. The van der Waals surface area contributed by atoms with Gasteiger partial charge in [0.15, 0.2) is 0 Å². The minimum atomic E-state index is -5.84. The molecule has 4 aromatic heterocycles. The van der Waals surface area contributed by atoms with E-state index in [2.05, 4.69) is 74.5 Å². The smallest absolute Gasteiger partial charge is 0.400 e. The molecule has 0 spiro atoms. The van der Waals surface area contributed by atoms with Gasteiger partial charge in [0.1, 0.15) is 0 Å². The Morgan fingerprint density at radius 2 is 0.894 bits per heavy atom. The van der Waals surface area contributed by atoms with Crippen LogP contribution in [-0.2, 0) is 63.1 Å². The van der Waals surface area contributed by atoms with Crippen molar-refractivity contribution < 1.29 is 98.5 Å². The fourth-order valence-corrected chi connectivity index (χ4v) is 11.8. The van der Waals surface area contributed by atoms with Gasteiger partial charge in [0.05, 0.1) is 5.69 Å². The first-order valence-electron chi connectivity index (χ1n) is 37.9. The van der Waals surface area contributed by atoms with Gasteiger partial charge < -0.3 is 25.2 Å². The number of benzene rings is 6. The van der Waals surface area contributed by atoms with Gasteiger partial charge in [0.2, 0.25) is 0 Å². The number of nitrogens with zero attached hydrogens (tertiary/aromatic N) is 4. The Balaban J connectivity index is 0.000000219. The summed E-state index contributed by atoms with van der Waals surface area (Å²) in [6, 6.07) is 66.5.